The molecule has 0 spiro atoms. The van der Waals surface area contributed by atoms with E-state index in [1.54, 1.807) is 0 Å². The van der Waals surface area contributed by atoms with Crippen molar-refractivity contribution in [1.82, 2.24) is 0 Å². The lowest BCUT2D eigenvalue weighted by molar-refractivity contribution is 0.933. The van der Waals surface area contributed by atoms with Crippen LogP contribution in [0.15, 0.2) is 18.2 Å². The third-order valence-electron chi connectivity index (χ3n) is 1.78. The fourth-order valence-corrected chi connectivity index (χ4v) is 2.15. The van der Waals surface area contributed by atoms with E-state index in [1.165, 1.54) is 5.56 Å². The van der Waals surface area contributed by atoms with Crippen LogP contribution in [0.4, 0.5) is 0 Å². The number of benzene rings is 1. The number of alkyl halides is 1. The molecule has 0 bridgehead atoms. The van der Waals surface area contributed by atoms with Gasteiger partial charge in [0.1, 0.15) is 6.07 Å². The van der Waals surface area contributed by atoms with Crippen molar-refractivity contribution in [2.75, 3.05) is 5.33 Å². The van der Waals surface area contributed by atoms with Crippen LogP contribution in [0.25, 0.3) is 0 Å². The lowest BCUT2D eigenvalue weighted by Crippen LogP contribution is -1.93. The van der Waals surface area contributed by atoms with Crippen molar-refractivity contribution >= 4 is 38.5 Å². The molecule has 0 N–H and O–H groups in total. The van der Waals surface area contributed by atoms with Gasteiger partial charge < -0.3 is 0 Å². The molecule has 13 heavy (non-hydrogen) atoms. The maximum Gasteiger partial charge on any atom is 0.100 e. The predicted octanol–water partition coefficient (Wildman–Crippen LogP) is 3.49. The van der Waals surface area contributed by atoms with E-state index in [0.29, 0.717) is 0 Å². The van der Waals surface area contributed by atoms with E-state index in [1.807, 2.05) is 12.1 Å². The zero-order valence-electron chi connectivity index (χ0n) is 7.06. The van der Waals surface area contributed by atoms with Gasteiger partial charge in [-0.3, -0.25) is 0 Å². The van der Waals surface area contributed by atoms with E-state index in [9.17, 15) is 0 Å². The molecule has 1 nitrogen and oxygen atoms in total. The van der Waals surface area contributed by atoms with E-state index in [2.05, 4.69) is 50.7 Å². The van der Waals surface area contributed by atoms with Gasteiger partial charge in [0.25, 0.3) is 0 Å². The molecule has 0 unspecified atom stereocenters. The Morgan fingerprint density at radius 2 is 2.23 bits per heavy atom. The molecule has 0 saturated carbocycles. The third kappa shape index (κ3) is 2.96. The summed E-state index contributed by atoms with van der Waals surface area (Å²) in [7, 11) is 0. The van der Waals surface area contributed by atoms with Crippen molar-refractivity contribution in [3.63, 3.8) is 0 Å². The highest BCUT2D eigenvalue weighted by Gasteiger charge is 2.03. The SMILES string of the molecule is N#Cc1cccc(CCCBr)c1I. The van der Waals surface area contributed by atoms with Gasteiger partial charge in [-0.1, -0.05) is 28.1 Å². The second-order valence-electron chi connectivity index (χ2n) is 2.68. The largest absolute Gasteiger partial charge is 0.192 e. The van der Waals surface area contributed by atoms with Crippen LogP contribution < -0.4 is 0 Å². The molecule has 0 aliphatic carbocycles. The number of halogens is 2. The average Bonchev–Trinajstić information content (AvgIpc) is 2.16. The van der Waals surface area contributed by atoms with Gasteiger partial charge in [-0.25, -0.2) is 0 Å². The van der Waals surface area contributed by atoms with Crippen molar-refractivity contribution in [3.8, 4) is 6.07 Å². The minimum atomic E-state index is 0.785. The molecule has 0 radical (unpaired) electrons. The summed E-state index contributed by atoms with van der Waals surface area (Å²) in [5, 5.41) is 9.82. The summed E-state index contributed by atoms with van der Waals surface area (Å²) in [6, 6.07) is 8.09. The lowest BCUT2D eigenvalue weighted by atomic mass is 10.1. The molecule has 1 aromatic rings. The van der Waals surface area contributed by atoms with Gasteiger partial charge in [0, 0.05) is 8.90 Å². The van der Waals surface area contributed by atoms with Crippen molar-refractivity contribution in [1.29, 1.82) is 5.26 Å². The molecule has 0 aliphatic rings. The summed E-state index contributed by atoms with van der Waals surface area (Å²) in [6.07, 6.45) is 2.16. The molecule has 3 heteroatoms. The van der Waals surface area contributed by atoms with Crippen molar-refractivity contribution < 1.29 is 0 Å². The molecular formula is C10H9BrIN. The van der Waals surface area contributed by atoms with Crippen molar-refractivity contribution in [2.24, 2.45) is 0 Å². The Morgan fingerprint density at radius 3 is 2.85 bits per heavy atom. The van der Waals surface area contributed by atoms with Gasteiger partial charge in [-0.2, -0.15) is 5.26 Å². The van der Waals surface area contributed by atoms with Gasteiger partial charge in [0.15, 0.2) is 0 Å². The predicted molar refractivity (Wildman–Crippen MR) is 66.0 cm³/mol. The Bertz CT molecular complexity index is 330. The molecular weight excluding hydrogens is 341 g/mol. The molecule has 0 saturated heterocycles. The smallest absolute Gasteiger partial charge is 0.100 e. The van der Waals surface area contributed by atoms with Crippen LogP contribution in [-0.4, -0.2) is 5.33 Å². The monoisotopic (exact) mass is 349 g/mol. The molecule has 0 aromatic heterocycles. The lowest BCUT2D eigenvalue weighted by Gasteiger charge is -2.03. The maximum atomic E-state index is 8.80. The Morgan fingerprint density at radius 1 is 1.46 bits per heavy atom. The van der Waals surface area contributed by atoms with Crippen LogP contribution in [0.3, 0.4) is 0 Å². The van der Waals surface area contributed by atoms with Crippen LogP contribution in [0.1, 0.15) is 17.5 Å². The van der Waals surface area contributed by atoms with Crippen LogP contribution in [0.5, 0.6) is 0 Å². The summed E-state index contributed by atoms with van der Waals surface area (Å²) in [5.74, 6) is 0. The van der Waals surface area contributed by atoms with Gasteiger partial charge in [-0.15, -0.1) is 0 Å². The molecule has 0 heterocycles. The fraction of sp³-hybridized carbons (Fsp3) is 0.300. The van der Waals surface area contributed by atoms with E-state index in [4.69, 9.17) is 5.26 Å². The molecule has 1 aromatic carbocycles. The fourth-order valence-electron chi connectivity index (χ4n) is 1.12. The molecule has 0 aliphatic heterocycles. The standard InChI is InChI=1S/C10H9BrIN/c11-6-2-5-8-3-1-4-9(7-13)10(8)12/h1,3-4H,2,5-6H2. The average molecular weight is 350 g/mol. The normalized spacial score (nSPS) is 9.62. The topological polar surface area (TPSA) is 23.8 Å². The first kappa shape index (κ1) is 11.0. The molecule has 0 atom stereocenters. The van der Waals surface area contributed by atoms with Gasteiger partial charge in [0.05, 0.1) is 5.56 Å². The van der Waals surface area contributed by atoms with E-state index in [0.717, 1.165) is 27.3 Å². The number of nitriles is 1. The Hall–Kier alpha value is -0.0800. The van der Waals surface area contributed by atoms with Gasteiger partial charge in [0.2, 0.25) is 0 Å². The molecule has 0 fully saturated rings. The first-order chi connectivity index (χ1) is 6.29. The van der Waals surface area contributed by atoms with Crippen LogP contribution in [0, 0.1) is 14.9 Å². The van der Waals surface area contributed by atoms with Crippen LogP contribution in [-0.2, 0) is 6.42 Å². The summed E-state index contributed by atoms with van der Waals surface area (Å²) in [4.78, 5) is 0. The minimum Gasteiger partial charge on any atom is -0.192 e. The number of hydrogen-bond acceptors (Lipinski definition) is 1. The summed E-state index contributed by atoms with van der Waals surface area (Å²) < 4.78 is 1.10. The van der Waals surface area contributed by atoms with E-state index >= 15 is 0 Å². The third-order valence-corrected chi connectivity index (χ3v) is 3.61. The molecule has 0 amide bonds. The number of hydrogen-bond donors (Lipinski definition) is 0. The van der Waals surface area contributed by atoms with Crippen molar-refractivity contribution in [2.45, 2.75) is 12.8 Å². The highest BCUT2D eigenvalue weighted by molar-refractivity contribution is 14.1. The van der Waals surface area contributed by atoms with Crippen molar-refractivity contribution in [3.05, 3.63) is 32.9 Å². The second kappa shape index (κ2) is 5.61. The first-order valence-corrected chi connectivity index (χ1v) is 6.23. The summed E-state index contributed by atoms with van der Waals surface area (Å²) in [6.45, 7) is 0. The van der Waals surface area contributed by atoms with Gasteiger partial charge in [-0.05, 0) is 47.1 Å². The van der Waals surface area contributed by atoms with Crippen LogP contribution >= 0.6 is 38.5 Å². The van der Waals surface area contributed by atoms with E-state index in [-0.39, 0.29) is 0 Å². The highest BCUT2D eigenvalue weighted by Crippen LogP contribution is 2.18. The number of aryl methyl sites for hydroxylation is 1. The zero-order valence-corrected chi connectivity index (χ0v) is 10.8. The Balaban J connectivity index is 2.90. The molecule has 68 valence electrons. The summed E-state index contributed by atoms with van der Waals surface area (Å²) in [5.41, 5.74) is 2.06. The Kier molecular flexibility index (Phi) is 4.74. The van der Waals surface area contributed by atoms with Gasteiger partial charge >= 0.3 is 0 Å². The second-order valence-corrected chi connectivity index (χ2v) is 4.55. The van der Waals surface area contributed by atoms with Crippen LogP contribution in [0.2, 0.25) is 0 Å². The summed E-state index contributed by atoms with van der Waals surface area (Å²) >= 11 is 5.64. The first-order valence-electron chi connectivity index (χ1n) is 4.03. The molecule has 1 rings (SSSR count). The maximum absolute atomic E-state index is 8.80. The highest BCUT2D eigenvalue weighted by atomic mass is 127. The number of rotatable bonds is 3. The Labute approximate surface area is 100 Å². The minimum absolute atomic E-state index is 0.785. The zero-order chi connectivity index (χ0) is 9.68. The van der Waals surface area contributed by atoms with E-state index < -0.39 is 0 Å². The number of nitrogens with zero attached hydrogens (tertiary/aromatic N) is 1. The quantitative estimate of drug-likeness (QED) is 0.605.